The van der Waals surface area contributed by atoms with E-state index < -0.39 is 11.8 Å². The predicted molar refractivity (Wildman–Crippen MR) is 79.6 cm³/mol. The molecule has 0 aliphatic heterocycles. The molecule has 0 aliphatic carbocycles. The third-order valence-electron chi connectivity index (χ3n) is 3.08. The van der Waals surface area contributed by atoms with Gasteiger partial charge in [-0.05, 0) is 22.0 Å². The van der Waals surface area contributed by atoms with Crippen molar-refractivity contribution in [2.75, 3.05) is 7.11 Å². The highest BCUT2D eigenvalue weighted by molar-refractivity contribution is 9.10. The molecule has 1 aromatic carbocycles. The molecule has 21 heavy (non-hydrogen) atoms. The van der Waals surface area contributed by atoms with Gasteiger partial charge < -0.3 is 4.74 Å². The first kappa shape index (κ1) is 13.8. The van der Waals surface area contributed by atoms with E-state index in [1.165, 1.54) is 17.7 Å². The molecule has 0 spiro atoms. The maximum atomic E-state index is 14.2. The zero-order chi connectivity index (χ0) is 15.0. The topological polar surface area (TPSA) is 43.6 Å². The van der Waals surface area contributed by atoms with Gasteiger partial charge >= 0.3 is 5.97 Å². The lowest BCUT2D eigenvalue weighted by Gasteiger charge is -2.02. The molecule has 6 heteroatoms. The molecule has 0 amide bonds. The Morgan fingerprint density at radius 2 is 2.05 bits per heavy atom. The van der Waals surface area contributed by atoms with Crippen LogP contribution in [0.2, 0.25) is 0 Å². The molecule has 3 aromatic rings. The van der Waals surface area contributed by atoms with Crippen LogP contribution in [0.25, 0.3) is 16.8 Å². The number of ether oxygens (including phenoxy) is 1. The highest BCUT2D eigenvalue weighted by Gasteiger charge is 2.24. The smallest absolute Gasteiger partial charge is 0.342 e. The van der Waals surface area contributed by atoms with Gasteiger partial charge in [-0.1, -0.05) is 30.3 Å². The molecule has 0 fully saturated rings. The van der Waals surface area contributed by atoms with Gasteiger partial charge in [0.25, 0.3) is 0 Å². The van der Waals surface area contributed by atoms with Crippen LogP contribution in [0.4, 0.5) is 4.39 Å². The average molecular weight is 349 g/mol. The Labute approximate surface area is 128 Å². The number of fused-ring (bicyclic) bond motifs is 1. The number of rotatable bonds is 2. The molecule has 0 N–H and O–H groups in total. The lowest BCUT2D eigenvalue weighted by Crippen LogP contribution is -2.03. The summed E-state index contributed by atoms with van der Waals surface area (Å²) >= 11 is 3.21. The summed E-state index contributed by atoms with van der Waals surface area (Å²) in [5, 5.41) is 4.32. The van der Waals surface area contributed by atoms with Crippen LogP contribution in [-0.4, -0.2) is 22.7 Å². The van der Waals surface area contributed by atoms with Gasteiger partial charge in [-0.3, -0.25) is 0 Å². The molecule has 0 saturated carbocycles. The van der Waals surface area contributed by atoms with Crippen LogP contribution < -0.4 is 0 Å². The summed E-state index contributed by atoms with van der Waals surface area (Å²) in [7, 11) is 1.26. The lowest BCUT2D eigenvalue weighted by molar-refractivity contribution is 0.0603. The van der Waals surface area contributed by atoms with Crippen molar-refractivity contribution in [1.82, 2.24) is 9.61 Å². The molecule has 3 rings (SSSR count). The number of benzene rings is 1. The van der Waals surface area contributed by atoms with E-state index in [0.29, 0.717) is 10.2 Å². The van der Waals surface area contributed by atoms with Crippen LogP contribution in [-0.2, 0) is 4.74 Å². The normalized spacial score (nSPS) is 10.8. The molecular weight excluding hydrogens is 339 g/mol. The molecule has 0 bridgehead atoms. The maximum Gasteiger partial charge on any atom is 0.342 e. The third kappa shape index (κ3) is 2.31. The Morgan fingerprint density at radius 1 is 1.33 bits per heavy atom. The fourth-order valence-corrected chi connectivity index (χ4v) is 2.59. The number of carbonyl (C=O) groups excluding carboxylic acids is 1. The quantitative estimate of drug-likeness (QED) is 0.663. The number of pyridine rings is 1. The SMILES string of the molecule is COC(=O)c1c(-c2ccccc2)nn2cc(Br)cc(F)c12. The van der Waals surface area contributed by atoms with E-state index in [9.17, 15) is 9.18 Å². The van der Waals surface area contributed by atoms with Crippen molar-refractivity contribution < 1.29 is 13.9 Å². The number of aromatic nitrogens is 2. The number of hydrogen-bond donors (Lipinski definition) is 0. The molecule has 0 saturated heterocycles. The number of esters is 1. The van der Waals surface area contributed by atoms with E-state index in [2.05, 4.69) is 21.0 Å². The number of nitrogens with zero attached hydrogens (tertiary/aromatic N) is 2. The van der Waals surface area contributed by atoms with Gasteiger partial charge in [0.15, 0.2) is 5.82 Å². The number of methoxy groups -OCH3 is 1. The fourth-order valence-electron chi connectivity index (χ4n) is 2.19. The predicted octanol–water partition coefficient (Wildman–Crippen LogP) is 3.69. The fraction of sp³-hybridized carbons (Fsp3) is 0.0667. The monoisotopic (exact) mass is 348 g/mol. The maximum absolute atomic E-state index is 14.2. The van der Waals surface area contributed by atoms with E-state index >= 15 is 0 Å². The van der Waals surface area contributed by atoms with Crippen molar-refractivity contribution in [3.8, 4) is 11.3 Å². The van der Waals surface area contributed by atoms with E-state index in [0.717, 1.165) is 5.56 Å². The van der Waals surface area contributed by atoms with Crippen LogP contribution in [0.15, 0.2) is 47.1 Å². The Bertz CT molecular complexity index is 831. The van der Waals surface area contributed by atoms with Gasteiger partial charge in [-0.15, -0.1) is 0 Å². The van der Waals surface area contributed by atoms with Gasteiger partial charge in [0, 0.05) is 16.2 Å². The second-order valence-corrected chi connectivity index (χ2v) is 5.30. The molecule has 106 valence electrons. The first-order chi connectivity index (χ1) is 10.1. The summed E-state index contributed by atoms with van der Waals surface area (Å²) in [5.41, 5.74) is 1.33. The van der Waals surface area contributed by atoms with Crippen molar-refractivity contribution in [2.45, 2.75) is 0 Å². The molecule has 0 atom stereocenters. The lowest BCUT2D eigenvalue weighted by atomic mass is 10.1. The number of carbonyl (C=O) groups is 1. The van der Waals surface area contributed by atoms with Gasteiger partial charge in [0.05, 0.1) is 7.11 Å². The summed E-state index contributed by atoms with van der Waals surface area (Å²) in [5.74, 6) is -1.16. The second-order valence-electron chi connectivity index (χ2n) is 4.38. The first-order valence-corrected chi connectivity index (χ1v) is 6.92. The minimum Gasteiger partial charge on any atom is -0.465 e. The van der Waals surface area contributed by atoms with E-state index in [-0.39, 0.29) is 11.1 Å². The Balaban J connectivity index is 2.39. The summed E-state index contributed by atoms with van der Waals surface area (Å²) < 4.78 is 20.9. The Kier molecular flexibility index (Phi) is 3.47. The zero-order valence-corrected chi connectivity index (χ0v) is 12.6. The van der Waals surface area contributed by atoms with Crippen molar-refractivity contribution >= 4 is 27.4 Å². The highest BCUT2D eigenvalue weighted by Crippen LogP contribution is 2.29. The van der Waals surface area contributed by atoms with Crippen LogP contribution >= 0.6 is 15.9 Å². The summed E-state index contributed by atoms with van der Waals surface area (Å²) in [6.07, 6.45) is 1.59. The standard InChI is InChI=1S/C15H10BrFN2O2/c1-21-15(20)12-13(9-5-3-2-4-6-9)18-19-8-10(16)7-11(17)14(12)19/h2-8H,1H3. The Hall–Kier alpha value is -2.21. The van der Waals surface area contributed by atoms with Crippen LogP contribution in [0, 0.1) is 5.82 Å². The molecule has 4 nitrogen and oxygen atoms in total. The van der Waals surface area contributed by atoms with E-state index in [4.69, 9.17) is 4.74 Å². The van der Waals surface area contributed by atoms with Gasteiger partial charge in [0.2, 0.25) is 0 Å². The minimum absolute atomic E-state index is 0.101. The Morgan fingerprint density at radius 3 is 2.71 bits per heavy atom. The van der Waals surface area contributed by atoms with Crippen LogP contribution in [0.5, 0.6) is 0 Å². The van der Waals surface area contributed by atoms with Crippen molar-refractivity contribution in [2.24, 2.45) is 0 Å². The summed E-state index contributed by atoms with van der Waals surface area (Å²) in [6, 6.07) is 10.4. The van der Waals surface area contributed by atoms with Crippen molar-refractivity contribution in [3.63, 3.8) is 0 Å². The third-order valence-corrected chi connectivity index (χ3v) is 3.52. The van der Waals surface area contributed by atoms with Gasteiger partial charge in [-0.25, -0.2) is 13.7 Å². The van der Waals surface area contributed by atoms with E-state index in [1.54, 1.807) is 18.3 Å². The molecule has 2 heterocycles. The van der Waals surface area contributed by atoms with Gasteiger partial charge in [-0.2, -0.15) is 5.10 Å². The number of hydrogen-bond acceptors (Lipinski definition) is 3. The van der Waals surface area contributed by atoms with Gasteiger partial charge in [0.1, 0.15) is 16.8 Å². The molecular formula is C15H10BrFN2O2. The van der Waals surface area contributed by atoms with Crippen LogP contribution in [0.1, 0.15) is 10.4 Å². The zero-order valence-electron chi connectivity index (χ0n) is 11.0. The van der Waals surface area contributed by atoms with Crippen LogP contribution in [0.3, 0.4) is 0 Å². The molecule has 0 aliphatic rings. The second kappa shape index (κ2) is 5.29. The summed E-state index contributed by atoms with van der Waals surface area (Å²) in [6.45, 7) is 0. The van der Waals surface area contributed by atoms with Crippen molar-refractivity contribution in [3.05, 3.63) is 58.4 Å². The van der Waals surface area contributed by atoms with E-state index in [1.807, 2.05) is 18.2 Å². The molecule has 0 radical (unpaired) electrons. The minimum atomic E-state index is -0.620. The first-order valence-electron chi connectivity index (χ1n) is 6.13. The summed E-state index contributed by atoms with van der Waals surface area (Å²) in [4.78, 5) is 12.1. The molecule has 0 unspecified atom stereocenters. The highest BCUT2D eigenvalue weighted by atomic mass is 79.9. The molecule has 2 aromatic heterocycles. The average Bonchev–Trinajstić information content (AvgIpc) is 2.87. The number of halogens is 2. The largest absolute Gasteiger partial charge is 0.465 e. The van der Waals surface area contributed by atoms with Crippen molar-refractivity contribution in [1.29, 1.82) is 0 Å².